The Morgan fingerprint density at radius 2 is 2.19 bits per heavy atom. The number of amides is 1. The second kappa shape index (κ2) is 6.63. The summed E-state index contributed by atoms with van der Waals surface area (Å²) in [5.41, 5.74) is 1.49. The number of benzene rings is 1. The highest BCUT2D eigenvalue weighted by molar-refractivity contribution is 5.99. The summed E-state index contributed by atoms with van der Waals surface area (Å²) in [6.07, 6.45) is 0. The number of carbonyl (C=O) groups excluding carboxylic acids is 1. The van der Waals surface area contributed by atoms with Gasteiger partial charge in [0.15, 0.2) is 5.76 Å². The lowest BCUT2D eigenvalue weighted by Crippen LogP contribution is -2.35. The van der Waals surface area contributed by atoms with Gasteiger partial charge in [0.05, 0.1) is 13.2 Å². The third-order valence-electron chi connectivity index (χ3n) is 3.22. The molecule has 0 aliphatic rings. The largest absolute Gasteiger partial charge is 0.494 e. The molecular formula is C16H21NO4. The van der Waals surface area contributed by atoms with Gasteiger partial charge in [-0.1, -0.05) is 0 Å². The van der Waals surface area contributed by atoms with Crippen molar-refractivity contribution in [1.82, 2.24) is 5.32 Å². The van der Waals surface area contributed by atoms with Crippen LogP contribution in [0.1, 0.15) is 30.0 Å². The minimum atomic E-state index is -0.230. The van der Waals surface area contributed by atoms with E-state index >= 15 is 0 Å². The van der Waals surface area contributed by atoms with Crippen molar-refractivity contribution in [1.29, 1.82) is 0 Å². The summed E-state index contributed by atoms with van der Waals surface area (Å²) in [5.74, 6) is 0.876. The quantitative estimate of drug-likeness (QED) is 0.889. The van der Waals surface area contributed by atoms with Crippen molar-refractivity contribution in [3.63, 3.8) is 0 Å². The molecule has 0 spiro atoms. The summed E-state index contributed by atoms with van der Waals surface area (Å²) < 4.78 is 16.2. The van der Waals surface area contributed by atoms with Crippen molar-refractivity contribution < 1.29 is 18.7 Å². The van der Waals surface area contributed by atoms with E-state index in [1.807, 2.05) is 39.0 Å². The first-order chi connectivity index (χ1) is 10.1. The maximum absolute atomic E-state index is 12.2. The van der Waals surface area contributed by atoms with Gasteiger partial charge in [-0.25, -0.2) is 0 Å². The second-order valence-electron chi connectivity index (χ2n) is 4.98. The van der Waals surface area contributed by atoms with E-state index in [1.165, 1.54) is 0 Å². The number of ether oxygens (including phenoxy) is 2. The molecule has 0 saturated carbocycles. The van der Waals surface area contributed by atoms with Gasteiger partial charge in [-0.3, -0.25) is 4.79 Å². The molecule has 1 N–H and O–H groups in total. The Balaban J connectivity index is 2.28. The average Bonchev–Trinajstić information content (AvgIpc) is 2.77. The number of hydrogen-bond donors (Lipinski definition) is 1. The summed E-state index contributed by atoms with van der Waals surface area (Å²) >= 11 is 0. The predicted octanol–water partition coefficient (Wildman–Crippen LogP) is 2.90. The summed E-state index contributed by atoms with van der Waals surface area (Å²) in [6.45, 7) is 6.75. The molecule has 0 aliphatic carbocycles. The smallest absolute Gasteiger partial charge is 0.287 e. The molecule has 1 amide bonds. The third kappa shape index (κ3) is 3.36. The van der Waals surface area contributed by atoms with Crippen LogP contribution in [0, 0.1) is 6.92 Å². The molecule has 1 heterocycles. The monoisotopic (exact) mass is 291 g/mol. The van der Waals surface area contributed by atoms with E-state index in [-0.39, 0.29) is 11.9 Å². The van der Waals surface area contributed by atoms with Gasteiger partial charge in [0, 0.05) is 24.1 Å². The van der Waals surface area contributed by atoms with E-state index in [4.69, 9.17) is 13.9 Å². The first-order valence-corrected chi connectivity index (χ1v) is 7.02. The second-order valence-corrected chi connectivity index (χ2v) is 4.98. The van der Waals surface area contributed by atoms with Crippen LogP contribution in [0.25, 0.3) is 11.0 Å². The Kier molecular flexibility index (Phi) is 4.85. The Morgan fingerprint density at radius 1 is 1.43 bits per heavy atom. The molecule has 1 atom stereocenters. The predicted molar refractivity (Wildman–Crippen MR) is 80.9 cm³/mol. The molecule has 2 rings (SSSR count). The molecule has 1 unspecified atom stereocenters. The minimum Gasteiger partial charge on any atom is -0.494 e. The summed E-state index contributed by atoms with van der Waals surface area (Å²) in [5, 5.41) is 3.74. The van der Waals surface area contributed by atoms with Gasteiger partial charge in [0.25, 0.3) is 5.91 Å². The number of carbonyl (C=O) groups is 1. The van der Waals surface area contributed by atoms with E-state index in [9.17, 15) is 4.79 Å². The summed E-state index contributed by atoms with van der Waals surface area (Å²) in [6, 6.07) is 5.48. The van der Waals surface area contributed by atoms with Crippen molar-refractivity contribution in [2.24, 2.45) is 0 Å². The summed E-state index contributed by atoms with van der Waals surface area (Å²) in [4.78, 5) is 12.2. The van der Waals surface area contributed by atoms with Gasteiger partial charge < -0.3 is 19.2 Å². The first kappa shape index (κ1) is 15.4. The fraction of sp³-hybridized carbons (Fsp3) is 0.438. The van der Waals surface area contributed by atoms with E-state index in [0.29, 0.717) is 24.6 Å². The summed E-state index contributed by atoms with van der Waals surface area (Å²) in [7, 11) is 1.60. The standard InChI is InChI=1S/C16H21NO4/c1-5-20-12-6-7-14-13(8-12)11(3)15(21-14)16(18)17-10(2)9-19-4/h6-8,10H,5,9H2,1-4H3,(H,17,18). The van der Waals surface area contributed by atoms with Crippen LogP contribution in [0.3, 0.4) is 0 Å². The van der Waals surface area contributed by atoms with E-state index in [1.54, 1.807) is 7.11 Å². The molecule has 0 bridgehead atoms. The van der Waals surface area contributed by atoms with E-state index in [0.717, 1.165) is 16.7 Å². The minimum absolute atomic E-state index is 0.0749. The molecule has 0 aliphatic heterocycles. The fourth-order valence-electron chi connectivity index (χ4n) is 2.25. The van der Waals surface area contributed by atoms with Gasteiger partial charge in [-0.05, 0) is 39.0 Å². The van der Waals surface area contributed by atoms with Crippen molar-refractivity contribution in [2.75, 3.05) is 20.3 Å². The SMILES string of the molecule is CCOc1ccc2oc(C(=O)NC(C)COC)c(C)c2c1. The molecule has 2 aromatic rings. The maximum atomic E-state index is 12.2. The Morgan fingerprint density at radius 3 is 2.86 bits per heavy atom. The van der Waals surface area contributed by atoms with Crippen LogP contribution in [0.15, 0.2) is 22.6 Å². The highest BCUT2D eigenvalue weighted by Crippen LogP contribution is 2.28. The van der Waals surface area contributed by atoms with Crippen molar-refractivity contribution in [2.45, 2.75) is 26.8 Å². The van der Waals surface area contributed by atoms with Crippen LogP contribution in [0.2, 0.25) is 0 Å². The zero-order valence-corrected chi connectivity index (χ0v) is 12.9. The molecule has 0 radical (unpaired) electrons. The number of nitrogens with one attached hydrogen (secondary N) is 1. The normalized spacial score (nSPS) is 12.4. The number of rotatable bonds is 6. The highest BCUT2D eigenvalue weighted by Gasteiger charge is 2.19. The number of aryl methyl sites for hydroxylation is 1. The average molecular weight is 291 g/mol. The third-order valence-corrected chi connectivity index (χ3v) is 3.22. The lowest BCUT2D eigenvalue weighted by atomic mass is 10.1. The van der Waals surface area contributed by atoms with Crippen LogP contribution in [-0.4, -0.2) is 32.3 Å². The van der Waals surface area contributed by atoms with Crippen LogP contribution in [0.4, 0.5) is 0 Å². The van der Waals surface area contributed by atoms with Crippen LogP contribution in [-0.2, 0) is 4.74 Å². The zero-order valence-electron chi connectivity index (χ0n) is 12.9. The van der Waals surface area contributed by atoms with Crippen LogP contribution in [0.5, 0.6) is 5.75 Å². The molecule has 5 heteroatoms. The lowest BCUT2D eigenvalue weighted by Gasteiger charge is -2.11. The number of fused-ring (bicyclic) bond motifs is 1. The van der Waals surface area contributed by atoms with E-state index < -0.39 is 0 Å². The molecule has 1 aromatic carbocycles. The molecular weight excluding hydrogens is 270 g/mol. The van der Waals surface area contributed by atoms with Gasteiger partial charge >= 0.3 is 0 Å². The van der Waals surface area contributed by atoms with Crippen molar-refractivity contribution >= 4 is 16.9 Å². The number of furan rings is 1. The Hall–Kier alpha value is -2.01. The Bertz CT molecular complexity index is 632. The van der Waals surface area contributed by atoms with Crippen LogP contribution >= 0.6 is 0 Å². The van der Waals surface area contributed by atoms with Gasteiger partial charge in [0.1, 0.15) is 11.3 Å². The topological polar surface area (TPSA) is 60.7 Å². The molecule has 21 heavy (non-hydrogen) atoms. The maximum Gasteiger partial charge on any atom is 0.287 e. The lowest BCUT2D eigenvalue weighted by molar-refractivity contribution is 0.0879. The molecule has 114 valence electrons. The molecule has 1 aromatic heterocycles. The van der Waals surface area contributed by atoms with E-state index in [2.05, 4.69) is 5.32 Å². The molecule has 0 saturated heterocycles. The number of hydrogen-bond acceptors (Lipinski definition) is 4. The Labute approximate surface area is 124 Å². The van der Waals surface area contributed by atoms with Gasteiger partial charge in [-0.2, -0.15) is 0 Å². The number of methoxy groups -OCH3 is 1. The first-order valence-electron chi connectivity index (χ1n) is 7.02. The fourth-order valence-corrected chi connectivity index (χ4v) is 2.25. The van der Waals surface area contributed by atoms with Crippen molar-refractivity contribution in [3.05, 3.63) is 29.5 Å². The van der Waals surface area contributed by atoms with Crippen molar-refractivity contribution in [3.8, 4) is 5.75 Å². The zero-order chi connectivity index (χ0) is 15.4. The molecule has 5 nitrogen and oxygen atoms in total. The highest BCUT2D eigenvalue weighted by atomic mass is 16.5. The molecule has 0 fully saturated rings. The van der Waals surface area contributed by atoms with Crippen LogP contribution < -0.4 is 10.1 Å². The van der Waals surface area contributed by atoms with Gasteiger partial charge in [-0.15, -0.1) is 0 Å². The van der Waals surface area contributed by atoms with Gasteiger partial charge in [0.2, 0.25) is 0 Å².